The minimum atomic E-state index is -0.781. The van der Waals surface area contributed by atoms with Crippen molar-refractivity contribution < 1.29 is 28.6 Å². The van der Waals surface area contributed by atoms with Crippen LogP contribution in [0.3, 0.4) is 0 Å². The van der Waals surface area contributed by atoms with E-state index in [-0.39, 0.29) is 31.1 Å². The molecule has 1 atom stereocenters. The predicted molar refractivity (Wildman–Crippen MR) is 279 cm³/mol. The predicted octanol–water partition coefficient (Wildman–Crippen LogP) is 18.9. The molecule has 0 saturated carbocycles. The summed E-state index contributed by atoms with van der Waals surface area (Å²) in [5.74, 6) is -0.891. The van der Waals surface area contributed by atoms with Crippen LogP contribution in [0.1, 0.15) is 303 Å². The van der Waals surface area contributed by atoms with E-state index >= 15 is 0 Å². The third-order valence-corrected chi connectivity index (χ3v) is 12.6. The highest BCUT2D eigenvalue weighted by molar-refractivity contribution is 5.71. The molecule has 380 valence electrons. The molecule has 0 radical (unpaired) electrons. The van der Waals surface area contributed by atoms with Crippen LogP contribution < -0.4 is 0 Å². The molecule has 0 aromatic rings. The van der Waals surface area contributed by atoms with Crippen molar-refractivity contribution in [2.24, 2.45) is 0 Å². The largest absolute Gasteiger partial charge is 0.462 e. The number of esters is 3. The summed E-state index contributed by atoms with van der Waals surface area (Å²) in [5, 5.41) is 0. The summed E-state index contributed by atoms with van der Waals surface area (Å²) < 4.78 is 16.8. The fourth-order valence-corrected chi connectivity index (χ4v) is 8.31. The molecule has 0 N–H and O–H groups in total. The Morgan fingerprint density at radius 1 is 0.308 bits per heavy atom. The van der Waals surface area contributed by atoms with Crippen molar-refractivity contribution in [2.45, 2.75) is 309 Å². The van der Waals surface area contributed by atoms with Gasteiger partial charge in [0.1, 0.15) is 13.2 Å². The first kappa shape index (κ1) is 62.6. The standard InChI is InChI=1S/C59H108O6/c1-4-7-10-13-16-19-22-25-28-29-30-32-34-37-40-43-46-49-52-58(61)64-55-56(54-63-57(60)51-48-45-42-39-36-33-27-24-21-18-15-12-9-6-3)65-59(62)53-50-47-44-41-38-35-31-26-23-20-17-14-11-8-5-2/h17,20,23,26,33,36,56H,4-16,18-19,21-22,24-25,27-32,34-35,37-55H2,1-3H3/b20-17-,26-23-,36-33-. The maximum atomic E-state index is 12.8. The Morgan fingerprint density at radius 3 is 0.908 bits per heavy atom. The Labute approximate surface area is 404 Å². The molecule has 0 rings (SSSR count). The van der Waals surface area contributed by atoms with Crippen molar-refractivity contribution in [3.05, 3.63) is 36.5 Å². The zero-order chi connectivity index (χ0) is 47.2. The van der Waals surface area contributed by atoms with Crippen molar-refractivity contribution in [1.82, 2.24) is 0 Å². The minimum absolute atomic E-state index is 0.0782. The monoisotopic (exact) mass is 913 g/mol. The van der Waals surface area contributed by atoms with Crippen LogP contribution in [0.25, 0.3) is 0 Å². The number of hydrogen-bond donors (Lipinski definition) is 0. The van der Waals surface area contributed by atoms with Crippen molar-refractivity contribution in [2.75, 3.05) is 13.2 Å². The molecule has 0 heterocycles. The molecule has 0 saturated heterocycles. The minimum Gasteiger partial charge on any atom is -0.462 e. The van der Waals surface area contributed by atoms with Crippen LogP contribution in [-0.2, 0) is 28.6 Å². The first-order chi connectivity index (χ1) is 32.0. The average molecular weight is 914 g/mol. The van der Waals surface area contributed by atoms with Crippen molar-refractivity contribution in [3.8, 4) is 0 Å². The lowest BCUT2D eigenvalue weighted by molar-refractivity contribution is -0.167. The van der Waals surface area contributed by atoms with E-state index in [1.54, 1.807) is 0 Å². The molecule has 0 aromatic heterocycles. The SMILES string of the molecule is CCCCC/C=C\C=C/CCCCCCCCC(=O)OC(COC(=O)CCCCC/C=C\CCCCCCCCC)COC(=O)CCCCCCCCCCCCCCCCCCCC. The molecule has 0 aliphatic rings. The van der Waals surface area contributed by atoms with Crippen LogP contribution in [0.5, 0.6) is 0 Å². The summed E-state index contributed by atoms with van der Waals surface area (Å²) in [7, 11) is 0. The van der Waals surface area contributed by atoms with E-state index in [1.807, 2.05) is 0 Å². The van der Waals surface area contributed by atoms with E-state index in [2.05, 4.69) is 57.2 Å². The lowest BCUT2D eigenvalue weighted by Gasteiger charge is -2.18. The molecule has 0 spiro atoms. The Hall–Kier alpha value is -2.37. The van der Waals surface area contributed by atoms with Crippen LogP contribution in [0, 0.1) is 0 Å². The van der Waals surface area contributed by atoms with Gasteiger partial charge in [-0.15, -0.1) is 0 Å². The number of rotatable bonds is 52. The highest BCUT2D eigenvalue weighted by Crippen LogP contribution is 2.16. The molecule has 6 heteroatoms. The van der Waals surface area contributed by atoms with Gasteiger partial charge in [-0.25, -0.2) is 0 Å². The van der Waals surface area contributed by atoms with E-state index < -0.39 is 6.10 Å². The normalized spacial score (nSPS) is 12.2. The molecule has 1 unspecified atom stereocenters. The third-order valence-electron chi connectivity index (χ3n) is 12.6. The summed E-state index contributed by atoms with van der Waals surface area (Å²) in [6.07, 6.45) is 64.2. The smallest absolute Gasteiger partial charge is 0.306 e. The first-order valence-corrected chi connectivity index (χ1v) is 28.5. The van der Waals surface area contributed by atoms with Crippen LogP contribution in [0.2, 0.25) is 0 Å². The molecule has 0 aromatic carbocycles. The van der Waals surface area contributed by atoms with Gasteiger partial charge in [-0.1, -0.05) is 250 Å². The fraction of sp³-hybridized carbons (Fsp3) is 0.847. The van der Waals surface area contributed by atoms with Crippen molar-refractivity contribution in [3.63, 3.8) is 0 Å². The number of ether oxygens (including phenoxy) is 3. The van der Waals surface area contributed by atoms with Crippen LogP contribution >= 0.6 is 0 Å². The van der Waals surface area contributed by atoms with Crippen molar-refractivity contribution in [1.29, 1.82) is 0 Å². The fourth-order valence-electron chi connectivity index (χ4n) is 8.31. The molecular weight excluding hydrogens is 805 g/mol. The van der Waals surface area contributed by atoms with E-state index in [1.165, 1.54) is 186 Å². The Kier molecular flexibility index (Phi) is 52.3. The topological polar surface area (TPSA) is 78.9 Å². The number of allylic oxidation sites excluding steroid dienone is 6. The summed E-state index contributed by atoms with van der Waals surface area (Å²) in [5.41, 5.74) is 0. The second-order valence-corrected chi connectivity index (χ2v) is 19.2. The van der Waals surface area contributed by atoms with Gasteiger partial charge in [0.25, 0.3) is 0 Å². The second kappa shape index (κ2) is 54.2. The third kappa shape index (κ3) is 52.5. The number of carbonyl (C=O) groups excluding carboxylic acids is 3. The van der Waals surface area contributed by atoms with Gasteiger partial charge in [-0.3, -0.25) is 14.4 Å². The van der Waals surface area contributed by atoms with Gasteiger partial charge in [0, 0.05) is 19.3 Å². The van der Waals surface area contributed by atoms with E-state index in [0.29, 0.717) is 19.3 Å². The van der Waals surface area contributed by atoms with E-state index in [0.717, 1.165) is 77.0 Å². The first-order valence-electron chi connectivity index (χ1n) is 28.5. The summed E-state index contributed by atoms with van der Waals surface area (Å²) >= 11 is 0. The van der Waals surface area contributed by atoms with Gasteiger partial charge >= 0.3 is 17.9 Å². The zero-order valence-electron chi connectivity index (χ0n) is 43.5. The molecule has 0 aliphatic heterocycles. The Bertz CT molecular complexity index is 1090. The number of hydrogen-bond acceptors (Lipinski definition) is 6. The molecule has 0 fully saturated rings. The van der Waals surface area contributed by atoms with Crippen LogP contribution in [0.4, 0.5) is 0 Å². The molecule has 0 amide bonds. The molecule has 65 heavy (non-hydrogen) atoms. The maximum absolute atomic E-state index is 12.8. The molecule has 0 aliphatic carbocycles. The van der Waals surface area contributed by atoms with Crippen LogP contribution in [0.15, 0.2) is 36.5 Å². The van der Waals surface area contributed by atoms with Crippen molar-refractivity contribution >= 4 is 17.9 Å². The Balaban J connectivity index is 4.36. The van der Waals surface area contributed by atoms with Gasteiger partial charge in [0.2, 0.25) is 0 Å². The zero-order valence-corrected chi connectivity index (χ0v) is 43.5. The highest BCUT2D eigenvalue weighted by atomic mass is 16.6. The summed E-state index contributed by atoms with van der Waals surface area (Å²) in [4.78, 5) is 38.1. The van der Waals surface area contributed by atoms with Gasteiger partial charge in [0.15, 0.2) is 6.10 Å². The summed E-state index contributed by atoms with van der Waals surface area (Å²) in [6.45, 7) is 6.62. The average Bonchev–Trinajstić information content (AvgIpc) is 3.30. The van der Waals surface area contributed by atoms with Gasteiger partial charge in [-0.05, 0) is 70.6 Å². The lowest BCUT2D eigenvalue weighted by Crippen LogP contribution is -2.30. The second-order valence-electron chi connectivity index (χ2n) is 19.2. The molecule has 6 nitrogen and oxygen atoms in total. The summed E-state index contributed by atoms with van der Waals surface area (Å²) in [6, 6.07) is 0. The van der Waals surface area contributed by atoms with E-state index in [9.17, 15) is 14.4 Å². The number of carbonyl (C=O) groups is 3. The van der Waals surface area contributed by atoms with Gasteiger partial charge in [0.05, 0.1) is 0 Å². The van der Waals surface area contributed by atoms with Crippen LogP contribution in [-0.4, -0.2) is 37.2 Å². The van der Waals surface area contributed by atoms with Gasteiger partial charge in [-0.2, -0.15) is 0 Å². The lowest BCUT2D eigenvalue weighted by atomic mass is 10.0. The maximum Gasteiger partial charge on any atom is 0.306 e. The Morgan fingerprint density at radius 2 is 0.554 bits per heavy atom. The van der Waals surface area contributed by atoms with Gasteiger partial charge < -0.3 is 14.2 Å². The molecular formula is C59H108O6. The van der Waals surface area contributed by atoms with E-state index in [4.69, 9.17) is 14.2 Å². The highest BCUT2D eigenvalue weighted by Gasteiger charge is 2.19. The molecule has 0 bridgehead atoms. The number of unbranched alkanes of at least 4 members (excludes halogenated alkanes) is 36. The quantitative estimate of drug-likeness (QED) is 0.0199.